The number of halogens is 1. The third-order valence-corrected chi connectivity index (χ3v) is 6.58. The molecule has 3 nitrogen and oxygen atoms in total. The van der Waals surface area contributed by atoms with E-state index in [1.165, 1.54) is 28.2 Å². The molecule has 1 heterocycles. The van der Waals surface area contributed by atoms with Crippen molar-refractivity contribution in [1.82, 2.24) is 0 Å². The molecule has 2 saturated carbocycles. The maximum absolute atomic E-state index is 13.2. The number of anilines is 1. The first-order chi connectivity index (χ1) is 11.7. The SMILES string of the molecule is O=C1[C@H]2[C@H](C(=O)N1c1ccc(F)cc1)[C@@H]1CCCC1=C1CCC[C@H]12. The summed E-state index contributed by atoms with van der Waals surface area (Å²) in [5.74, 6) is -0.326. The highest BCUT2D eigenvalue weighted by Crippen LogP contribution is 2.57. The number of amides is 2. The van der Waals surface area contributed by atoms with Crippen molar-refractivity contribution in [3.63, 3.8) is 0 Å². The number of hydrogen-bond donors (Lipinski definition) is 0. The van der Waals surface area contributed by atoms with Gasteiger partial charge < -0.3 is 0 Å². The van der Waals surface area contributed by atoms with E-state index in [4.69, 9.17) is 0 Å². The third kappa shape index (κ3) is 1.77. The van der Waals surface area contributed by atoms with Gasteiger partial charge in [0.2, 0.25) is 11.8 Å². The first kappa shape index (κ1) is 14.4. The number of imide groups is 1. The summed E-state index contributed by atoms with van der Waals surface area (Å²) in [4.78, 5) is 27.7. The third-order valence-electron chi connectivity index (χ3n) is 6.58. The van der Waals surface area contributed by atoms with E-state index in [1.807, 2.05) is 0 Å². The van der Waals surface area contributed by atoms with Crippen molar-refractivity contribution in [2.75, 3.05) is 4.90 Å². The van der Waals surface area contributed by atoms with Crippen molar-refractivity contribution in [3.8, 4) is 0 Å². The molecule has 0 aromatic heterocycles. The van der Waals surface area contributed by atoms with Gasteiger partial charge in [-0.1, -0.05) is 11.1 Å². The molecular formula is C20H20FNO2. The van der Waals surface area contributed by atoms with E-state index >= 15 is 0 Å². The van der Waals surface area contributed by atoms with Gasteiger partial charge in [0.1, 0.15) is 5.82 Å². The highest BCUT2D eigenvalue weighted by molar-refractivity contribution is 6.22. The fourth-order valence-electron chi connectivity index (χ4n) is 5.74. The quantitative estimate of drug-likeness (QED) is 0.581. The van der Waals surface area contributed by atoms with Gasteiger partial charge in [0.15, 0.2) is 0 Å². The summed E-state index contributed by atoms with van der Waals surface area (Å²) >= 11 is 0. The minimum Gasteiger partial charge on any atom is -0.274 e. The predicted octanol–water partition coefficient (Wildman–Crippen LogP) is 3.84. The van der Waals surface area contributed by atoms with Crippen LogP contribution in [0.5, 0.6) is 0 Å². The van der Waals surface area contributed by atoms with Crippen LogP contribution in [0.3, 0.4) is 0 Å². The number of fused-ring (bicyclic) bond motifs is 5. The molecule has 3 fully saturated rings. The Labute approximate surface area is 140 Å². The number of carbonyl (C=O) groups is 2. The van der Waals surface area contributed by atoms with E-state index in [-0.39, 0.29) is 41.3 Å². The minimum absolute atomic E-state index is 0.0630. The lowest BCUT2D eigenvalue weighted by molar-refractivity contribution is -0.122. The number of benzene rings is 1. The Balaban J connectivity index is 1.60. The maximum atomic E-state index is 13.2. The number of hydrogen-bond acceptors (Lipinski definition) is 2. The van der Waals surface area contributed by atoms with E-state index < -0.39 is 0 Å². The number of nitrogens with zero attached hydrogens (tertiary/aromatic N) is 1. The molecule has 2 amide bonds. The lowest BCUT2D eigenvalue weighted by atomic mass is 9.66. The number of allylic oxidation sites excluding steroid dienone is 2. The first-order valence-corrected chi connectivity index (χ1v) is 9.02. The standard InChI is InChI=1S/C20H20FNO2/c21-11-7-9-12(10-8-11)22-19(23)17-15-5-1-3-13(15)14-4-2-6-16(14)18(17)20(22)24/h7-10,15-18H,1-6H2/t15-,16-,17-,18-/m1/s1. The Kier molecular flexibility index (Phi) is 3.00. The summed E-state index contributed by atoms with van der Waals surface area (Å²) in [5, 5.41) is 0. The summed E-state index contributed by atoms with van der Waals surface area (Å²) in [7, 11) is 0. The van der Waals surface area contributed by atoms with Crippen molar-refractivity contribution in [2.45, 2.75) is 38.5 Å². The molecule has 0 radical (unpaired) electrons. The fraction of sp³-hybridized carbons (Fsp3) is 0.500. The Morgan fingerprint density at radius 3 is 1.83 bits per heavy atom. The molecular weight excluding hydrogens is 305 g/mol. The molecule has 24 heavy (non-hydrogen) atoms. The second-order valence-electron chi connectivity index (χ2n) is 7.59. The van der Waals surface area contributed by atoms with Crippen molar-refractivity contribution >= 4 is 17.5 Å². The van der Waals surface area contributed by atoms with Crippen LogP contribution in [0.2, 0.25) is 0 Å². The summed E-state index contributed by atoms with van der Waals surface area (Å²) < 4.78 is 13.2. The molecule has 4 atom stereocenters. The van der Waals surface area contributed by atoms with E-state index in [2.05, 4.69) is 0 Å². The van der Waals surface area contributed by atoms with Gasteiger partial charge in [0.25, 0.3) is 0 Å². The second kappa shape index (κ2) is 5.01. The van der Waals surface area contributed by atoms with Gasteiger partial charge in [0.05, 0.1) is 17.5 Å². The largest absolute Gasteiger partial charge is 0.274 e. The van der Waals surface area contributed by atoms with E-state index in [1.54, 1.807) is 12.1 Å². The summed E-state index contributed by atoms with van der Waals surface area (Å²) in [6, 6.07) is 5.72. The zero-order chi connectivity index (χ0) is 16.4. The summed E-state index contributed by atoms with van der Waals surface area (Å²) in [6.07, 6.45) is 6.55. The van der Waals surface area contributed by atoms with Gasteiger partial charge in [-0.2, -0.15) is 0 Å². The highest BCUT2D eigenvalue weighted by Gasteiger charge is 2.59. The molecule has 0 unspecified atom stereocenters. The van der Waals surface area contributed by atoms with Crippen LogP contribution < -0.4 is 4.90 Å². The van der Waals surface area contributed by atoms with Crippen molar-refractivity contribution in [3.05, 3.63) is 41.2 Å². The molecule has 5 rings (SSSR count). The van der Waals surface area contributed by atoms with Gasteiger partial charge >= 0.3 is 0 Å². The van der Waals surface area contributed by atoms with Gasteiger partial charge in [-0.05, 0) is 74.6 Å². The van der Waals surface area contributed by atoms with Crippen molar-refractivity contribution < 1.29 is 14.0 Å². The Morgan fingerprint density at radius 2 is 1.33 bits per heavy atom. The lowest BCUT2D eigenvalue weighted by Gasteiger charge is -2.34. The molecule has 4 heteroatoms. The van der Waals surface area contributed by atoms with Crippen LogP contribution in [0.25, 0.3) is 0 Å². The smallest absolute Gasteiger partial charge is 0.238 e. The normalized spacial score (nSPS) is 34.6. The monoisotopic (exact) mass is 325 g/mol. The van der Waals surface area contributed by atoms with Crippen LogP contribution in [0, 0.1) is 29.5 Å². The Morgan fingerprint density at radius 1 is 0.833 bits per heavy atom. The van der Waals surface area contributed by atoms with Crippen LogP contribution in [-0.4, -0.2) is 11.8 Å². The molecule has 124 valence electrons. The second-order valence-corrected chi connectivity index (χ2v) is 7.59. The van der Waals surface area contributed by atoms with Crippen LogP contribution in [0.4, 0.5) is 10.1 Å². The van der Waals surface area contributed by atoms with Crippen molar-refractivity contribution in [1.29, 1.82) is 0 Å². The predicted molar refractivity (Wildman–Crippen MR) is 87.6 cm³/mol. The van der Waals surface area contributed by atoms with E-state index in [9.17, 15) is 14.0 Å². The van der Waals surface area contributed by atoms with Crippen LogP contribution in [-0.2, 0) is 9.59 Å². The molecule has 1 saturated heterocycles. The minimum atomic E-state index is -0.354. The molecule has 0 N–H and O–H groups in total. The Bertz CT molecular complexity index is 724. The zero-order valence-corrected chi connectivity index (χ0v) is 13.5. The van der Waals surface area contributed by atoms with E-state index in [0.29, 0.717) is 5.69 Å². The molecule has 0 spiro atoms. The van der Waals surface area contributed by atoms with Crippen molar-refractivity contribution in [2.24, 2.45) is 23.7 Å². The summed E-state index contributed by atoms with van der Waals surface area (Å²) in [6.45, 7) is 0. The van der Waals surface area contributed by atoms with Gasteiger partial charge in [-0.25, -0.2) is 4.39 Å². The number of carbonyl (C=O) groups excluding carboxylic acids is 2. The van der Waals surface area contributed by atoms with E-state index in [0.717, 1.165) is 38.5 Å². The topological polar surface area (TPSA) is 37.4 Å². The van der Waals surface area contributed by atoms with Crippen LogP contribution in [0.15, 0.2) is 35.4 Å². The highest BCUT2D eigenvalue weighted by atomic mass is 19.1. The lowest BCUT2D eigenvalue weighted by Crippen LogP contribution is -2.35. The Hall–Kier alpha value is -1.97. The van der Waals surface area contributed by atoms with Gasteiger partial charge in [-0.15, -0.1) is 0 Å². The molecule has 3 aliphatic carbocycles. The fourth-order valence-corrected chi connectivity index (χ4v) is 5.74. The molecule has 4 aliphatic rings. The molecule has 1 aliphatic heterocycles. The van der Waals surface area contributed by atoms with Crippen LogP contribution in [0.1, 0.15) is 38.5 Å². The first-order valence-electron chi connectivity index (χ1n) is 9.02. The summed E-state index contributed by atoms with van der Waals surface area (Å²) in [5.41, 5.74) is 3.52. The zero-order valence-electron chi connectivity index (χ0n) is 13.5. The van der Waals surface area contributed by atoms with Crippen LogP contribution >= 0.6 is 0 Å². The molecule has 1 aromatic carbocycles. The number of rotatable bonds is 1. The van der Waals surface area contributed by atoms with Gasteiger partial charge in [-0.3, -0.25) is 14.5 Å². The molecule has 1 aromatic rings. The van der Waals surface area contributed by atoms with Gasteiger partial charge in [0, 0.05) is 0 Å². The average molecular weight is 325 g/mol. The average Bonchev–Trinajstić information content (AvgIpc) is 3.27. The maximum Gasteiger partial charge on any atom is 0.238 e. The molecule has 0 bridgehead atoms.